The lowest BCUT2D eigenvalue weighted by atomic mass is 10.1. The van der Waals surface area contributed by atoms with E-state index in [2.05, 4.69) is 11.4 Å². The van der Waals surface area contributed by atoms with E-state index in [4.69, 9.17) is 0 Å². The van der Waals surface area contributed by atoms with Crippen LogP contribution in [0, 0.1) is 11.3 Å². The van der Waals surface area contributed by atoms with Gasteiger partial charge in [0, 0.05) is 24.2 Å². The van der Waals surface area contributed by atoms with Crippen LogP contribution in [0.5, 0.6) is 0 Å². The molecule has 0 bridgehead atoms. The minimum Gasteiger partial charge on any atom is -0.335 e. The number of rotatable bonds is 6. The molecule has 0 saturated heterocycles. The van der Waals surface area contributed by atoms with Gasteiger partial charge in [0.25, 0.3) is 11.8 Å². The van der Waals surface area contributed by atoms with E-state index >= 15 is 0 Å². The predicted molar refractivity (Wildman–Crippen MR) is 112 cm³/mol. The van der Waals surface area contributed by atoms with Crippen LogP contribution in [0.2, 0.25) is 0 Å². The molecule has 0 heterocycles. The van der Waals surface area contributed by atoms with Crippen molar-refractivity contribution in [1.29, 1.82) is 5.26 Å². The molecule has 144 valence electrons. The number of anilines is 1. The van der Waals surface area contributed by atoms with Gasteiger partial charge in [-0.05, 0) is 42.8 Å². The topological polar surface area (TPSA) is 73.2 Å². The van der Waals surface area contributed by atoms with Gasteiger partial charge < -0.3 is 10.2 Å². The quantitative estimate of drug-likeness (QED) is 0.682. The van der Waals surface area contributed by atoms with Crippen LogP contribution in [0.25, 0.3) is 0 Å². The van der Waals surface area contributed by atoms with Gasteiger partial charge in [-0.2, -0.15) is 5.26 Å². The molecule has 3 aromatic rings. The molecule has 5 heteroatoms. The number of nitrogens with zero attached hydrogens (tertiary/aromatic N) is 2. The Bertz CT molecular complexity index is 1050. The monoisotopic (exact) mass is 383 g/mol. The van der Waals surface area contributed by atoms with E-state index in [9.17, 15) is 14.9 Å². The Labute approximate surface area is 170 Å². The highest BCUT2D eigenvalue weighted by atomic mass is 16.2. The highest BCUT2D eigenvalue weighted by Crippen LogP contribution is 2.17. The molecule has 0 aliphatic carbocycles. The first kappa shape index (κ1) is 19.8. The van der Waals surface area contributed by atoms with Crippen molar-refractivity contribution in [3.8, 4) is 6.07 Å². The molecule has 0 aromatic heterocycles. The molecule has 0 aliphatic heterocycles. The van der Waals surface area contributed by atoms with Crippen LogP contribution in [0.4, 0.5) is 5.69 Å². The molecular formula is C24H21N3O2. The van der Waals surface area contributed by atoms with Crippen molar-refractivity contribution in [3.63, 3.8) is 0 Å². The van der Waals surface area contributed by atoms with E-state index in [-0.39, 0.29) is 11.8 Å². The molecule has 0 spiro atoms. The maximum atomic E-state index is 13.0. The second kappa shape index (κ2) is 9.34. The Balaban J connectivity index is 1.78. The number of carbonyl (C=O) groups excluding carboxylic acids is 2. The van der Waals surface area contributed by atoms with E-state index < -0.39 is 0 Å². The van der Waals surface area contributed by atoms with Crippen molar-refractivity contribution in [1.82, 2.24) is 4.90 Å². The molecule has 0 saturated carbocycles. The standard InChI is InChI=1S/C24H21N3O2/c1-2-27(17-18-9-4-3-5-10-18)24(29)20-13-8-12-19(15-20)23(28)26-22-14-7-6-11-21(22)16-25/h3-15H,2,17H2,1H3,(H,26,28). The fourth-order valence-electron chi connectivity index (χ4n) is 2.99. The van der Waals surface area contributed by atoms with E-state index in [1.807, 2.05) is 37.3 Å². The summed E-state index contributed by atoms with van der Waals surface area (Å²) in [4.78, 5) is 27.3. The lowest BCUT2D eigenvalue weighted by Gasteiger charge is -2.21. The highest BCUT2D eigenvalue weighted by molar-refractivity contribution is 6.06. The lowest BCUT2D eigenvalue weighted by Crippen LogP contribution is -2.30. The van der Waals surface area contributed by atoms with Gasteiger partial charge in [-0.3, -0.25) is 9.59 Å². The Morgan fingerprint density at radius 1 is 0.931 bits per heavy atom. The van der Waals surface area contributed by atoms with Gasteiger partial charge in [0.2, 0.25) is 0 Å². The molecule has 5 nitrogen and oxygen atoms in total. The van der Waals surface area contributed by atoms with Crippen LogP contribution < -0.4 is 5.32 Å². The zero-order valence-electron chi connectivity index (χ0n) is 16.1. The van der Waals surface area contributed by atoms with Crippen molar-refractivity contribution in [3.05, 3.63) is 101 Å². The molecule has 0 atom stereocenters. The number of amides is 2. The molecule has 29 heavy (non-hydrogen) atoms. The molecule has 2 amide bonds. The number of nitrogens with one attached hydrogen (secondary N) is 1. The first-order valence-electron chi connectivity index (χ1n) is 9.36. The average molecular weight is 383 g/mol. The average Bonchev–Trinajstić information content (AvgIpc) is 2.78. The minimum atomic E-state index is -0.367. The molecule has 0 aliphatic rings. The second-order valence-corrected chi connectivity index (χ2v) is 6.50. The van der Waals surface area contributed by atoms with Crippen molar-refractivity contribution in [2.24, 2.45) is 0 Å². The van der Waals surface area contributed by atoms with Gasteiger partial charge >= 0.3 is 0 Å². The first-order chi connectivity index (χ1) is 14.1. The summed E-state index contributed by atoms with van der Waals surface area (Å²) in [6.45, 7) is 2.98. The molecule has 1 N–H and O–H groups in total. The summed E-state index contributed by atoms with van der Waals surface area (Å²) in [6.07, 6.45) is 0. The molecule has 3 aromatic carbocycles. The number of nitriles is 1. The van der Waals surface area contributed by atoms with Gasteiger partial charge in [-0.1, -0.05) is 48.5 Å². The summed E-state index contributed by atoms with van der Waals surface area (Å²) in [5.74, 6) is -0.503. The number of hydrogen-bond donors (Lipinski definition) is 1. The van der Waals surface area contributed by atoms with Crippen LogP contribution in [-0.2, 0) is 6.54 Å². The Morgan fingerprint density at radius 2 is 1.62 bits per heavy atom. The molecule has 3 rings (SSSR count). The maximum Gasteiger partial charge on any atom is 0.255 e. The van der Waals surface area contributed by atoms with Crippen LogP contribution in [0.1, 0.15) is 38.8 Å². The third-order valence-corrected chi connectivity index (χ3v) is 4.55. The zero-order valence-corrected chi connectivity index (χ0v) is 16.1. The van der Waals surface area contributed by atoms with Gasteiger partial charge in [0.05, 0.1) is 11.3 Å². The van der Waals surface area contributed by atoms with Crippen LogP contribution in [0.15, 0.2) is 78.9 Å². The fourth-order valence-corrected chi connectivity index (χ4v) is 2.99. The number of hydrogen-bond acceptors (Lipinski definition) is 3. The van der Waals surface area contributed by atoms with Gasteiger partial charge in [-0.25, -0.2) is 0 Å². The summed E-state index contributed by atoms with van der Waals surface area (Å²) in [7, 11) is 0. The van der Waals surface area contributed by atoms with E-state index in [0.717, 1.165) is 5.56 Å². The van der Waals surface area contributed by atoms with E-state index in [1.54, 1.807) is 53.4 Å². The minimum absolute atomic E-state index is 0.136. The van der Waals surface area contributed by atoms with Crippen LogP contribution >= 0.6 is 0 Å². The SMILES string of the molecule is CCN(Cc1ccccc1)C(=O)c1cccc(C(=O)Nc2ccccc2C#N)c1. The van der Waals surface area contributed by atoms with Gasteiger partial charge in [0.15, 0.2) is 0 Å². The van der Waals surface area contributed by atoms with Crippen molar-refractivity contribution < 1.29 is 9.59 Å². The van der Waals surface area contributed by atoms with Crippen molar-refractivity contribution in [2.45, 2.75) is 13.5 Å². The van der Waals surface area contributed by atoms with Gasteiger partial charge in [0.1, 0.15) is 6.07 Å². The summed E-state index contributed by atoms with van der Waals surface area (Å²) in [5.41, 5.74) is 2.68. The lowest BCUT2D eigenvalue weighted by molar-refractivity contribution is 0.0752. The largest absolute Gasteiger partial charge is 0.335 e. The predicted octanol–water partition coefficient (Wildman–Crippen LogP) is 4.47. The molecule has 0 fully saturated rings. The molecule has 0 unspecified atom stereocenters. The summed E-state index contributed by atoms with van der Waals surface area (Å²) in [5, 5.41) is 11.9. The number of benzene rings is 3. The third-order valence-electron chi connectivity index (χ3n) is 4.55. The van der Waals surface area contributed by atoms with Gasteiger partial charge in [-0.15, -0.1) is 0 Å². The zero-order chi connectivity index (χ0) is 20.6. The Morgan fingerprint density at radius 3 is 2.34 bits per heavy atom. The Kier molecular flexibility index (Phi) is 6.39. The highest BCUT2D eigenvalue weighted by Gasteiger charge is 2.17. The number of para-hydroxylation sites is 1. The number of carbonyl (C=O) groups is 2. The maximum absolute atomic E-state index is 13.0. The van der Waals surface area contributed by atoms with Crippen molar-refractivity contribution in [2.75, 3.05) is 11.9 Å². The fraction of sp³-hybridized carbons (Fsp3) is 0.125. The van der Waals surface area contributed by atoms with E-state index in [1.165, 1.54) is 0 Å². The van der Waals surface area contributed by atoms with E-state index in [0.29, 0.717) is 35.5 Å². The summed E-state index contributed by atoms with van der Waals surface area (Å²) < 4.78 is 0. The van der Waals surface area contributed by atoms with Crippen molar-refractivity contribution >= 4 is 17.5 Å². The normalized spacial score (nSPS) is 10.1. The molecular weight excluding hydrogens is 362 g/mol. The van der Waals surface area contributed by atoms with Crippen LogP contribution in [-0.4, -0.2) is 23.3 Å². The Hall–Kier alpha value is -3.91. The first-order valence-corrected chi connectivity index (χ1v) is 9.36. The summed E-state index contributed by atoms with van der Waals surface area (Å²) in [6, 6.07) is 25.2. The molecule has 0 radical (unpaired) electrons. The smallest absolute Gasteiger partial charge is 0.255 e. The summed E-state index contributed by atoms with van der Waals surface area (Å²) >= 11 is 0. The second-order valence-electron chi connectivity index (χ2n) is 6.50. The van der Waals surface area contributed by atoms with Crippen LogP contribution in [0.3, 0.4) is 0 Å². The third kappa shape index (κ3) is 4.88.